The number of fused-ring (bicyclic) bond motifs is 4. The van der Waals surface area contributed by atoms with E-state index in [1.54, 1.807) is 0 Å². The van der Waals surface area contributed by atoms with Crippen LogP contribution >= 0.6 is 0 Å². The molecule has 0 aliphatic heterocycles. The standard InChI is InChI=1S/C60H46N2O2/c63-59-45(35-43-23-9-13-27-49(43)57(59)55-47-25-11-7-21-41(47)31-33-51(55)39-17-3-1-4-18-39)37-61-53-29-15-16-30-54(53)62-38-46-36-44-24-10-14-28-50(44)58(60(46)64)56-48-26-12-8-22-42(48)32-34-52(56)40-19-5-2-6-20-40/h1-14,17-28,31-38,53-54,63-64H,15-16,29-30H2/b61-37+,62-38+/t53-,54-/m1/s1. The highest BCUT2D eigenvalue weighted by Gasteiger charge is 2.26. The van der Waals surface area contributed by atoms with Crippen molar-refractivity contribution in [3.05, 3.63) is 205 Å². The lowest BCUT2D eigenvalue weighted by atomic mass is 9.86. The lowest BCUT2D eigenvalue weighted by Crippen LogP contribution is -2.27. The van der Waals surface area contributed by atoms with E-state index in [2.05, 4.69) is 158 Å². The zero-order chi connectivity index (χ0) is 43.0. The Kier molecular flexibility index (Phi) is 10.3. The second-order valence-electron chi connectivity index (χ2n) is 16.9. The molecule has 11 rings (SSSR count). The van der Waals surface area contributed by atoms with Gasteiger partial charge in [0.1, 0.15) is 11.5 Å². The third-order valence-corrected chi connectivity index (χ3v) is 13.1. The van der Waals surface area contributed by atoms with Crippen molar-refractivity contribution in [3.8, 4) is 56.0 Å². The van der Waals surface area contributed by atoms with E-state index in [-0.39, 0.29) is 23.6 Å². The average molecular weight is 827 g/mol. The van der Waals surface area contributed by atoms with Gasteiger partial charge < -0.3 is 10.2 Å². The van der Waals surface area contributed by atoms with Crippen LogP contribution in [0.3, 0.4) is 0 Å². The molecule has 0 bridgehead atoms. The predicted octanol–water partition coefficient (Wildman–Crippen LogP) is 15.2. The summed E-state index contributed by atoms with van der Waals surface area (Å²) in [5, 5.41) is 33.4. The number of aromatic hydroxyl groups is 2. The van der Waals surface area contributed by atoms with Gasteiger partial charge in [-0.2, -0.15) is 0 Å². The van der Waals surface area contributed by atoms with E-state index in [1.165, 1.54) is 0 Å². The molecule has 4 heteroatoms. The molecule has 1 aliphatic rings. The molecule has 0 radical (unpaired) electrons. The van der Waals surface area contributed by atoms with Crippen LogP contribution in [0, 0.1) is 0 Å². The summed E-state index contributed by atoms with van der Waals surface area (Å²) in [6.07, 6.45) is 7.60. The summed E-state index contributed by atoms with van der Waals surface area (Å²) in [6.45, 7) is 0. The van der Waals surface area contributed by atoms with Crippen molar-refractivity contribution < 1.29 is 10.2 Å². The Bertz CT molecular complexity index is 3200. The van der Waals surface area contributed by atoms with Crippen LogP contribution in [-0.2, 0) is 0 Å². The number of phenols is 2. The van der Waals surface area contributed by atoms with Crippen LogP contribution in [0.4, 0.5) is 0 Å². The highest BCUT2D eigenvalue weighted by Crippen LogP contribution is 2.48. The smallest absolute Gasteiger partial charge is 0.132 e. The van der Waals surface area contributed by atoms with E-state index >= 15 is 0 Å². The summed E-state index contributed by atoms with van der Waals surface area (Å²) in [6, 6.07) is 66.9. The van der Waals surface area contributed by atoms with Crippen molar-refractivity contribution in [1.29, 1.82) is 0 Å². The predicted molar refractivity (Wildman–Crippen MR) is 269 cm³/mol. The first-order valence-electron chi connectivity index (χ1n) is 22.3. The molecule has 1 fully saturated rings. The molecule has 0 unspecified atom stereocenters. The molecule has 1 aliphatic carbocycles. The molecule has 1 saturated carbocycles. The normalized spacial score (nSPS) is 15.6. The Hall–Kier alpha value is -7.82. The second-order valence-corrected chi connectivity index (χ2v) is 16.9. The average Bonchev–Trinajstić information content (AvgIpc) is 3.35. The summed E-state index contributed by atoms with van der Waals surface area (Å²) in [4.78, 5) is 10.5. The molecule has 308 valence electrons. The minimum atomic E-state index is -0.0958. The van der Waals surface area contributed by atoms with E-state index in [0.29, 0.717) is 11.1 Å². The quantitative estimate of drug-likeness (QED) is 0.150. The highest BCUT2D eigenvalue weighted by molar-refractivity contribution is 6.16. The first-order chi connectivity index (χ1) is 31.6. The molecule has 10 aromatic carbocycles. The fraction of sp³-hybridized carbons (Fsp3) is 0.100. The summed E-state index contributed by atoms with van der Waals surface area (Å²) < 4.78 is 0. The molecular weight excluding hydrogens is 781 g/mol. The van der Waals surface area contributed by atoms with E-state index in [1.807, 2.05) is 48.8 Å². The minimum Gasteiger partial charge on any atom is -0.507 e. The SMILES string of the molecule is Oc1c(/C=N/[C@@H]2CCCC[C@H]2/N=C/c2cc3ccccc3c(-c3c(-c4ccccc4)ccc4ccccc34)c2O)cc2ccccc2c1-c1c(-c2ccccc2)ccc2ccccc12. The topological polar surface area (TPSA) is 65.2 Å². The van der Waals surface area contributed by atoms with Crippen LogP contribution in [0.1, 0.15) is 36.8 Å². The summed E-state index contributed by atoms with van der Waals surface area (Å²) in [5.41, 5.74) is 9.27. The van der Waals surface area contributed by atoms with Crippen molar-refractivity contribution in [3.63, 3.8) is 0 Å². The molecule has 0 heterocycles. The minimum absolute atomic E-state index is 0.0958. The number of nitrogens with zero attached hydrogens (tertiary/aromatic N) is 2. The molecule has 4 nitrogen and oxygen atoms in total. The molecule has 0 aromatic heterocycles. The van der Waals surface area contributed by atoms with Gasteiger partial charge in [0, 0.05) is 45.8 Å². The molecular formula is C60H46N2O2. The van der Waals surface area contributed by atoms with Crippen LogP contribution < -0.4 is 0 Å². The van der Waals surface area contributed by atoms with Crippen molar-refractivity contribution in [2.24, 2.45) is 9.98 Å². The Labute approximate surface area is 373 Å². The third kappa shape index (κ3) is 7.07. The molecule has 2 atom stereocenters. The lowest BCUT2D eigenvalue weighted by molar-refractivity contribution is 0.390. The number of rotatable bonds is 8. The maximum absolute atomic E-state index is 12.5. The van der Waals surface area contributed by atoms with Gasteiger partial charge in [0.2, 0.25) is 0 Å². The Morgan fingerprint density at radius 1 is 0.359 bits per heavy atom. The van der Waals surface area contributed by atoms with Crippen LogP contribution in [0.2, 0.25) is 0 Å². The fourth-order valence-electron chi connectivity index (χ4n) is 10.0. The maximum Gasteiger partial charge on any atom is 0.132 e. The number of phenolic OH excluding ortho intramolecular Hbond substituents is 2. The molecule has 0 spiro atoms. The monoisotopic (exact) mass is 826 g/mol. The van der Waals surface area contributed by atoms with Crippen molar-refractivity contribution >= 4 is 55.5 Å². The van der Waals surface area contributed by atoms with Crippen molar-refractivity contribution in [1.82, 2.24) is 0 Å². The fourth-order valence-corrected chi connectivity index (χ4v) is 10.0. The molecule has 0 saturated heterocycles. The van der Waals surface area contributed by atoms with Gasteiger partial charge in [-0.3, -0.25) is 9.98 Å². The molecule has 10 aromatic rings. The summed E-state index contributed by atoms with van der Waals surface area (Å²) in [5.74, 6) is 0.424. The van der Waals surface area contributed by atoms with E-state index < -0.39 is 0 Å². The van der Waals surface area contributed by atoms with Crippen LogP contribution in [-0.4, -0.2) is 34.7 Å². The van der Waals surface area contributed by atoms with Gasteiger partial charge in [-0.05, 0) is 90.3 Å². The number of hydrogen-bond acceptors (Lipinski definition) is 4. The summed E-state index contributed by atoms with van der Waals surface area (Å²) >= 11 is 0. The van der Waals surface area contributed by atoms with Gasteiger partial charge in [0.15, 0.2) is 0 Å². The number of benzene rings is 10. The Morgan fingerprint density at radius 2 is 0.703 bits per heavy atom. The highest BCUT2D eigenvalue weighted by atomic mass is 16.3. The van der Waals surface area contributed by atoms with E-state index in [4.69, 9.17) is 9.98 Å². The Balaban J connectivity index is 1.00. The van der Waals surface area contributed by atoms with Crippen molar-refractivity contribution in [2.45, 2.75) is 37.8 Å². The second kappa shape index (κ2) is 16.8. The first-order valence-corrected chi connectivity index (χ1v) is 22.3. The zero-order valence-corrected chi connectivity index (χ0v) is 35.4. The van der Waals surface area contributed by atoms with Gasteiger partial charge in [-0.15, -0.1) is 0 Å². The van der Waals surface area contributed by atoms with Crippen LogP contribution in [0.5, 0.6) is 11.5 Å². The van der Waals surface area contributed by atoms with Gasteiger partial charge in [-0.25, -0.2) is 0 Å². The van der Waals surface area contributed by atoms with Crippen molar-refractivity contribution in [2.75, 3.05) is 0 Å². The zero-order valence-electron chi connectivity index (χ0n) is 35.4. The number of aliphatic imine (C=N–C) groups is 2. The Morgan fingerprint density at radius 3 is 1.11 bits per heavy atom. The van der Waals surface area contributed by atoms with Gasteiger partial charge in [0.05, 0.1) is 12.1 Å². The van der Waals surface area contributed by atoms with Gasteiger partial charge >= 0.3 is 0 Å². The number of hydrogen-bond donors (Lipinski definition) is 2. The largest absolute Gasteiger partial charge is 0.507 e. The molecule has 2 N–H and O–H groups in total. The third-order valence-electron chi connectivity index (χ3n) is 13.1. The van der Waals surface area contributed by atoms with E-state index in [0.717, 1.165) is 113 Å². The van der Waals surface area contributed by atoms with Crippen LogP contribution in [0.25, 0.3) is 87.6 Å². The van der Waals surface area contributed by atoms with Gasteiger partial charge in [0.25, 0.3) is 0 Å². The summed E-state index contributed by atoms with van der Waals surface area (Å²) in [7, 11) is 0. The molecule has 0 amide bonds. The van der Waals surface area contributed by atoms with E-state index in [9.17, 15) is 10.2 Å². The molecule has 64 heavy (non-hydrogen) atoms. The maximum atomic E-state index is 12.5. The van der Waals surface area contributed by atoms with Gasteiger partial charge in [-0.1, -0.05) is 195 Å². The first kappa shape index (κ1) is 39.1. The lowest BCUT2D eigenvalue weighted by Gasteiger charge is -2.26. The van der Waals surface area contributed by atoms with Crippen LogP contribution in [0.15, 0.2) is 204 Å².